The van der Waals surface area contributed by atoms with Gasteiger partial charge in [-0.1, -0.05) is 11.6 Å². The fourth-order valence-electron chi connectivity index (χ4n) is 1.76. The summed E-state index contributed by atoms with van der Waals surface area (Å²) in [6, 6.07) is 8.65. The van der Waals surface area contributed by atoms with Crippen LogP contribution in [0.3, 0.4) is 0 Å². The number of carbonyl (C=O) groups excluding carboxylic acids is 2. The largest absolute Gasteiger partial charge is 0.326 e. The molecule has 2 aromatic rings. The number of benzene rings is 2. The number of hydrogen-bond acceptors (Lipinski definition) is 2. The van der Waals surface area contributed by atoms with Crippen LogP contribution in [-0.4, -0.2) is 11.8 Å². The molecule has 0 fully saturated rings. The number of hydrogen-bond donors (Lipinski definition) is 2. The molecule has 4 nitrogen and oxygen atoms in total. The van der Waals surface area contributed by atoms with Crippen molar-refractivity contribution in [2.24, 2.45) is 0 Å². The zero-order valence-electron chi connectivity index (χ0n) is 11.4. The van der Waals surface area contributed by atoms with Crippen LogP contribution in [0.1, 0.15) is 17.3 Å². The standard InChI is InChI=1S/C15H11ClFIN2O2/c1-8(21)19-10-3-5-14(12(16)7-10)20-15(22)11-4-2-9(17)6-13(11)18/h2-7H,1H3,(H,19,21)(H,20,22). The third-order valence-electron chi connectivity index (χ3n) is 2.71. The first-order valence-electron chi connectivity index (χ1n) is 6.20. The molecule has 0 aliphatic rings. The highest BCUT2D eigenvalue weighted by atomic mass is 127. The van der Waals surface area contributed by atoms with E-state index in [1.54, 1.807) is 12.1 Å². The highest BCUT2D eigenvalue weighted by Crippen LogP contribution is 2.26. The third kappa shape index (κ3) is 4.17. The summed E-state index contributed by atoms with van der Waals surface area (Å²) in [6.07, 6.45) is 0. The van der Waals surface area contributed by atoms with Crippen molar-refractivity contribution in [1.82, 2.24) is 0 Å². The number of anilines is 2. The second-order valence-electron chi connectivity index (χ2n) is 4.45. The Balaban J connectivity index is 2.19. The summed E-state index contributed by atoms with van der Waals surface area (Å²) in [4.78, 5) is 23.2. The maximum atomic E-state index is 13.1. The predicted octanol–water partition coefficient (Wildman–Crippen LogP) is 4.29. The molecule has 0 unspecified atom stereocenters. The van der Waals surface area contributed by atoms with Crippen LogP contribution in [0.15, 0.2) is 36.4 Å². The van der Waals surface area contributed by atoms with Crippen molar-refractivity contribution in [2.45, 2.75) is 6.92 Å². The van der Waals surface area contributed by atoms with E-state index in [1.165, 1.54) is 31.2 Å². The smallest absolute Gasteiger partial charge is 0.256 e. The van der Waals surface area contributed by atoms with Crippen molar-refractivity contribution in [3.05, 3.63) is 56.4 Å². The zero-order chi connectivity index (χ0) is 16.3. The van der Waals surface area contributed by atoms with Gasteiger partial charge in [0.2, 0.25) is 5.91 Å². The highest BCUT2D eigenvalue weighted by Gasteiger charge is 2.13. The number of rotatable bonds is 3. The van der Waals surface area contributed by atoms with E-state index in [1.807, 2.05) is 22.6 Å². The molecular weight excluding hydrogens is 422 g/mol. The van der Waals surface area contributed by atoms with Crippen LogP contribution in [-0.2, 0) is 4.79 Å². The molecule has 0 aromatic heterocycles. The van der Waals surface area contributed by atoms with E-state index in [-0.39, 0.29) is 10.9 Å². The van der Waals surface area contributed by atoms with Gasteiger partial charge < -0.3 is 10.6 Å². The number of carbonyl (C=O) groups is 2. The van der Waals surface area contributed by atoms with Gasteiger partial charge in [-0.05, 0) is 59.0 Å². The molecule has 0 saturated heterocycles. The molecule has 0 aliphatic carbocycles. The Bertz CT molecular complexity index is 752. The van der Waals surface area contributed by atoms with Crippen molar-refractivity contribution < 1.29 is 14.0 Å². The Hall–Kier alpha value is -1.67. The van der Waals surface area contributed by atoms with Gasteiger partial charge in [0.1, 0.15) is 5.82 Å². The van der Waals surface area contributed by atoms with E-state index >= 15 is 0 Å². The van der Waals surface area contributed by atoms with Crippen molar-refractivity contribution in [2.75, 3.05) is 10.6 Å². The normalized spacial score (nSPS) is 10.2. The quantitative estimate of drug-likeness (QED) is 0.711. The van der Waals surface area contributed by atoms with Gasteiger partial charge in [-0.25, -0.2) is 4.39 Å². The molecule has 0 radical (unpaired) electrons. The molecule has 2 N–H and O–H groups in total. The lowest BCUT2D eigenvalue weighted by Crippen LogP contribution is -2.14. The molecule has 2 amide bonds. The molecule has 0 heterocycles. The summed E-state index contributed by atoms with van der Waals surface area (Å²) in [7, 11) is 0. The summed E-state index contributed by atoms with van der Waals surface area (Å²) in [5.41, 5.74) is 1.29. The Morgan fingerprint density at radius 1 is 1.14 bits per heavy atom. The second-order valence-corrected chi connectivity index (χ2v) is 6.02. The average Bonchev–Trinajstić information content (AvgIpc) is 2.41. The Labute approximate surface area is 145 Å². The lowest BCUT2D eigenvalue weighted by atomic mass is 10.2. The number of nitrogens with one attached hydrogen (secondary N) is 2. The molecule has 0 atom stereocenters. The second kappa shape index (κ2) is 7.06. The number of halogens is 3. The van der Waals surface area contributed by atoms with E-state index in [9.17, 15) is 14.0 Å². The van der Waals surface area contributed by atoms with E-state index in [0.717, 1.165) is 0 Å². The molecule has 0 saturated carbocycles. The van der Waals surface area contributed by atoms with Gasteiger partial charge in [0, 0.05) is 16.2 Å². The van der Waals surface area contributed by atoms with E-state index < -0.39 is 11.7 Å². The van der Waals surface area contributed by atoms with Gasteiger partial charge in [0.15, 0.2) is 0 Å². The van der Waals surface area contributed by atoms with Gasteiger partial charge in [-0.3, -0.25) is 9.59 Å². The molecule has 2 aromatic carbocycles. The minimum absolute atomic E-state index is 0.214. The average molecular weight is 433 g/mol. The Morgan fingerprint density at radius 2 is 1.86 bits per heavy atom. The van der Waals surface area contributed by atoms with Crippen LogP contribution >= 0.6 is 34.2 Å². The predicted molar refractivity (Wildman–Crippen MR) is 92.8 cm³/mol. The van der Waals surface area contributed by atoms with E-state index in [4.69, 9.17) is 11.6 Å². The van der Waals surface area contributed by atoms with Crippen LogP contribution in [0.2, 0.25) is 5.02 Å². The molecule has 2 rings (SSSR count). The molecule has 0 bridgehead atoms. The molecule has 114 valence electrons. The van der Waals surface area contributed by atoms with Gasteiger partial charge >= 0.3 is 0 Å². The lowest BCUT2D eigenvalue weighted by Gasteiger charge is -2.10. The fraction of sp³-hybridized carbons (Fsp3) is 0.0667. The fourth-order valence-corrected chi connectivity index (χ4v) is 2.71. The first kappa shape index (κ1) is 16.7. The van der Waals surface area contributed by atoms with Crippen LogP contribution in [0.4, 0.5) is 15.8 Å². The van der Waals surface area contributed by atoms with E-state index in [0.29, 0.717) is 20.5 Å². The molecule has 0 aliphatic heterocycles. The monoisotopic (exact) mass is 432 g/mol. The minimum Gasteiger partial charge on any atom is -0.326 e. The topological polar surface area (TPSA) is 58.2 Å². The third-order valence-corrected chi connectivity index (χ3v) is 3.92. The molecule has 22 heavy (non-hydrogen) atoms. The summed E-state index contributed by atoms with van der Waals surface area (Å²) < 4.78 is 13.6. The van der Waals surface area contributed by atoms with Gasteiger partial charge in [0.25, 0.3) is 5.91 Å². The maximum absolute atomic E-state index is 13.1. The summed E-state index contributed by atoms with van der Waals surface area (Å²) in [5.74, 6) is -1.01. The van der Waals surface area contributed by atoms with Crippen molar-refractivity contribution in [3.8, 4) is 0 Å². The Kier molecular flexibility index (Phi) is 5.36. The van der Waals surface area contributed by atoms with Gasteiger partial charge in [0.05, 0.1) is 16.3 Å². The molecule has 7 heteroatoms. The van der Waals surface area contributed by atoms with Crippen LogP contribution in [0, 0.1) is 9.39 Å². The highest BCUT2D eigenvalue weighted by molar-refractivity contribution is 14.1. The SMILES string of the molecule is CC(=O)Nc1ccc(NC(=O)c2ccc(F)cc2I)c(Cl)c1. The van der Waals surface area contributed by atoms with Crippen LogP contribution in [0.5, 0.6) is 0 Å². The van der Waals surface area contributed by atoms with Crippen molar-refractivity contribution in [1.29, 1.82) is 0 Å². The van der Waals surface area contributed by atoms with Gasteiger partial charge in [-0.15, -0.1) is 0 Å². The number of amides is 2. The first-order chi connectivity index (χ1) is 10.4. The summed E-state index contributed by atoms with van der Waals surface area (Å²) >= 11 is 7.97. The maximum Gasteiger partial charge on any atom is 0.256 e. The zero-order valence-corrected chi connectivity index (χ0v) is 14.3. The molecular formula is C15H11ClFIN2O2. The van der Waals surface area contributed by atoms with Crippen LogP contribution in [0.25, 0.3) is 0 Å². The summed E-state index contributed by atoms with van der Waals surface area (Å²) in [5, 5.41) is 5.54. The Morgan fingerprint density at radius 3 is 2.45 bits per heavy atom. The lowest BCUT2D eigenvalue weighted by molar-refractivity contribution is -0.114. The van der Waals surface area contributed by atoms with Crippen molar-refractivity contribution in [3.63, 3.8) is 0 Å². The summed E-state index contributed by atoms with van der Waals surface area (Å²) in [6.45, 7) is 1.39. The van der Waals surface area contributed by atoms with E-state index in [2.05, 4.69) is 10.6 Å². The molecule has 0 spiro atoms. The van der Waals surface area contributed by atoms with Gasteiger partial charge in [-0.2, -0.15) is 0 Å². The first-order valence-corrected chi connectivity index (χ1v) is 7.66. The van der Waals surface area contributed by atoms with Crippen molar-refractivity contribution >= 4 is 57.4 Å². The van der Waals surface area contributed by atoms with Crippen LogP contribution < -0.4 is 10.6 Å². The minimum atomic E-state index is -0.404.